The molecule has 5 aliphatic carbocycles. The second-order valence-electron chi connectivity index (χ2n) is 10.9. The Labute approximate surface area is 146 Å². The second-order valence-corrected chi connectivity index (χ2v) is 10.9. The molecule has 0 aromatic heterocycles. The molecule has 7 atom stereocenters. The van der Waals surface area contributed by atoms with Gasteiger partial charge in [-0.05, 0) is 77.4 Å². The van der Waals surface area contributed by atoms with Crippen LogP contribution < -0.4 is 0 Å². The van der Waals surface area contributed by atoms with Crippen molar-refractivity contribution < 1.29 is 0 Å². The standard InChI is InChI=1S/C21H36.C2H6/c1-15-8-11-18(4)14-19(5)13-17(3,12-15)16(2)21(19)10-7-9-20(18,21)6;1-2/h15-16H,7-14H2,1-6H3;1-2H3. The van der Waals surface area contributed by atoms with Gasteiger partial charge in [0.25, 0.3) is 0 Å². The summed E-state index contributed by atoms with van der Waals surface area (Å²) in [5, 5.41) is 0. The topological polar surface area (TPSA) is 0 Å². The molecule has 4 bridgehead atoms. The van der Waals surface area contributed by atoms with Gasteiger partial charge in [0.2, 0.25) is 0 Å². The van der Waals surface area contributed by atoms with E-state index in [9.17, 15) is 0 Å². The molecule has 0 radical (unpaired) electrons. The third-order valence-electron chi connectivity index (χ3n) is 10.0. The number of hydrogen-bond donors (Lipinski definition) is 0. The highest BCUT2D eigenvalue weighted by Crippen LogP contribution is 2.87. The van der Waals surface area contributed by atoms with Crippen molar-refractivity contribution in [3.63, 3.8) is 0 Å². The fraction of sp³-hybridized carbons (Fsp3) is 1.00. The maximum Gasteiger partial charge on any atom is -0.0153 e. The van der Waals surface area contributed by atoms with Crippen molar-refractivity contribution in [3.8, 4) is 0 Å². The van der Waals surface area contributed by atoms with E-state index in [2.05, 4.69) is 41.5 Å². The predicted molar refractivity (Wildman–Crippen MR) is 101 cm³/mol. The van der Waals surface area contributed by atoms with Crippen LogP contribution in [0.5, 0.6) is 0 Å². The molecule has 7 unspecified atom stereocenters. The molecule has 134 valence electrons. The first kappa shape index (κ1) is 17.8. The third kappa shape index (κ3) is 1.80. The Hall–Kier alpha value is 0. The quantitative estimate of drug-likeness (QED) is 0.434. The molecule has 0 heterocycles. The largest absolute Gasteiger partial charge is 0.0683 e. The van der Waals surface area contributed by atoms with Gasteiger partial charge in [0.15, 0.2) is 0 Å². The monoisotopic (exact) mass is 318 g/mol. The Morgan fingerprint density at radius 2 is 1.43 bits per heavy atom. The Balaban J connectivity index is 0.000000753. The molecular weight excluding hydrogens is 276 g/mol. The normalized spacial score (nSPS) is 60.5. The summed E-state index contributed by atoms with van der Waals surface area (Å²) in [5.41, 5.74) is 3.08. The fourth-order valence-corrected chi connectivity index (χ4v) is 9.39. The van der Waals surface area contributed by atoms with Crippen LogP contribution in [0.4, 0.5) is 0 Å². The molecule has 0 nitrogen and oxygen atoms in total. The van der Waals surface area contributed by atoms with Crippen LogP contribution in [0.25, 0.3) is 0 Å². The summed E-state index contributed by atoms with van der Waals surface area (Å²) in [6.07, 6.45) is 12.0. The number of hydrogen-bond acceptors (Lipinski definition) is 0. The van der Waals surface area contributed by atoms with Crippen LogP contribution >= 0.6 is 0 Å². The van der Waals surface area contributed by atoms with Crippen LogP contribution in [0.3, 0.4) is 0 Å². The van der Waals surface area contributed by atoms with Gasteiger partial charge in [-0.3, -0.25) is 0 Å². The highest BCUT2D eigenvalue weighted by atomic mass is 14.8. The lowest BCUT2D eigenvalue weighted by Crippen LogP contribution is -2.46. The van der Waals surface area contributed by atoms with Crippen molar-refractivity contribution in [2.75, 3.05) is 0 Å². The first-order chi connectivity index (χ1) is 10.6. The second kappa shape index (κ2) is 5.01. The van der Waals surface area contributed by atoms with Gasteiger partial charge >= 0.3 is 0 Å². The van der Waals surface area contributed by atoms with Gasteiger partial charge < -0.3 is 0 Å². The number of fused-ring (bicyclic) bond motifs is 3. The van der Waals surface area contributed by atoms with Crippen LogP contribution in [0, 0.1) is 38.9 Å². The Kier molecular flexibility index (Phi) is 3.88. The SMILES string of the molecule is CC.CC1CCC2(C)CC3(C)CC(C)(C1)C(C)C31CCCC21C. The lowest BCUT2D eigenvalue weighted by molar-refractivity contribution is -0.0442. The highest BCUT2D eigenvalue weighted by molar-refractivity contribution is 5.28. The predicted octanol–water partition coefficient (Wildman–Crippen LogP) is 7.47. The van der Waals surface area contributed by atoms with E-state index in [1.807, 2.05) is 13.8 Å². The first-order valence-corrected chi connectivity index (χ1v) is 10.6. The molecule has 0 aromatic carbocycles. The summed E-state index contributed by atoms with van der Waals surface area (Å²) in [4.78, 5) is 0. The summed E-state index contributed by atoms with van der Waals surface area (Å²) in [5.74, 6) is 1.85. The van der Waals surface area contributed by atoms with Crippen molar-refractivity contribution in [2.24, 2.45) is 38.9 Å². The third-order valence-corrected chi connectivity index (χ3v) is 10.0. The maximum atomic E-state index is 2.73. The summed E-state index contributed by atoms with van der Waals surface area (Å²) >= 11 is 0. The van der Waals surface area contributed by atoms with Crippen molar-refractivity contribution >= 4 is 0 Å². The van der Waals surface area contributed by atoms with Crippen LogP contribution in [-0.4, -0.2) is 0 Å². The molecule has 0 amide bonds. The van der Waals surface area contributed by atoms with Crippen molar-refractivity contribution in [1.82, 2.24) is 0 Å². The lowest BCUT2D eigenvalue weighted by Gasteiger charge is -2.52. The maximum absolute atomic E-state index is 2.73. The molecule has 1 spiro atoms. The molecule has 5 aliphatic rings. The number of rotatable bonds is 0. The Morgan fingerprint density at radius 1 is 0.783 bits per heavy atom. The van der Waals surface area contributed by atoms with Gasteiger partial charge in [-0.25, -0.2) is 0 Å². The summed E-state index contributed by atoms with van der Waals surface area (Å²) in [7, 11) is 0. The minimum atomic E-state index is 0.603. The molecule has 0 aromatic rings. The van der Waals surface area contributed by atoms with Crippen LogP contribution in [-0.2, 0) is 0 Å². The Morgan fingerprint density at radius 3 is 2.09 bits per heavy atom. The zero-order chi connectivity index (χ0) is 17.3. The van der Waals surface area contributed by atoms with Crippen LogP contribution in [0.15, 0.2) is 0 Å². The molecule has 5 rings (SSSR count). The summed E-state index contributed by atoms with van der Waals surface area (Å²) in [6.45, 7) is 20.0. The summed E-state index contributed by atoms with van der Waals surface area (Å²) < 4.78 is 0. The van der Waals surface area contributed by atoms with Crippen LogP contribution in [0.1, 0.15) is 107 Å². The van der Waals surface area contributed by atoms with Gasteiger partial charge in [0.1, 0.15) is 0 Å². The van der Waals surface area contributed by atoms with Gasteiger partial charge in [0.05, 0.1) is 0 Å². The minimum absolute atomic E-state index is 0.603. The molecule has 5 fully saturated rings. The van der Waals surface area contributed by atoms with E-state index in [1.165, 1.54) is 51.4 Å². The average molecular weight is 319 g/mol. The van der Waals surface area contributed by atoms with E-state index in [0.717, 1.165) is 11.8 Å². The van der Waals surface area contributed by atoms with E-state index < -0.39 is 0 Å². The van der Waals surface area contributed by atoms with Crippen LogP contribution in [0.2, 0.25) is 0 Å². The van der Waals surface area contributed by atoms with Crippen molar-refractivity contribution in [1.29, 1.82) is 0 Å². The summed E-state index contributed by atoms with van der Waals surface area (Å²) in [6, 6.07) is 0. The molecule has 0 N–H and O–H groups in total. The van der Waals surface area contributed by atoms with Gasteiger partial charge in [-0.2, -0.15) is 0 Å². The lowest BCUT2D eigenvalue weighted by atomic mass is 9.52. The van der Waals surface area contributed by atoms with E-state index in [4.69, 9.17) is 0 Å². The highest BCUT2D eigenvalue weighted by Gasteiger charge is 2.79. The molecule has 5 saturated carbocycles. The van der Waals surface area contributed by atoms with Crippen molar-refractivity contribution in [2.45, 2.75) is 107 Å². The average Bonchev–Trinajstić information content (AvgIpc) is 2.97. The van der Waals surface area contributed by atoms with E-state index >= 15 is 0 Å². The van der Waals surface area contributed by atoms with E-state index in [1.54, 1.807) is 0 Å². The molecule has 0 aliphatic heterocycles. The molecule has 23 heavy (non-hydrogen) atoms. The van der Waals surface area contributed by atoms with Gasteiger partial charge in [0, 0.05) is 0 Å². The molecular formula is C23H42. The molecule has 0 heteroatoms. The zero-order valence-electron chi connectivity index (χ0n) is 17.3. The van der Waals surface area contributed by atoms with Crippen molar-refractivity contribution in [3.05, 3.63) is 0 Å². The Bertz CT molecular complexity index is 480. The van der Waals surface area contributed by atoms with Gasteiger partial charge in [-0.1, -0.05) is 68.2 Å². The molecule has 0 saturated heterocycles. The van der Waals surface area contributed by atoms with E-state index in [0.29, 0.717) is 27.1 Å². The fourth-order valence-electron chi connectivity index (χ4n) is 9.39. The van der Waals surface area contributed by atoms with Gasteiger partial charge in [-0.15, -0.1) is 0 Å². The minimum Gasteiger partial charge on any atom is -0.0683 e. The smallest absolute Gasteiger partial charge is 0.0153 e. The first-order valence-electron chi connectivity index (χ1n) is 10.6. The van der Waals surface area contributed by atoms with E-state index in [-0.39, 0.29) is 0 Å². The zero-order valence-corrected chi connectivity index (χ0v) is 17.3.